The van der Waals surface area contributed by atoms with Crippen molar-refractivity contribution in [2.24, 2.45) is 0 Å². The van der Waals surface area contributed by atoms with E-state index in [0.29, 0.717) is 0 Å². The van der Waals surface area contributed by atoms with Crippen molar-refractivity contribution in [3.8, 4) is 0 Å². The van der Waals surface area contributed by atoms with Crippen molar-refractivity contribution in [3.63, 3.8) is 0 Å². The van der Waals surface area contributed by atoms with Crippen LogP contribution < -0.4 is 0 Å². The lowest BCUT2D eigenvalue weighted by Gasteiger charge is -2.21. The summed E-state index contributed by atoms with van der Waals surface area (Å²) in [6.45, 7) is 4.01. The molecule has 1 aliphatic heterocycles. The fourth-order valence-electron chi connectivity index (χ4n) is 1.47. The fourth-order valence-corrected chi connectivity index (χ4v) is 1.47. The van der Waals surface area contributed by atoms with Gasteiger partial charge in [-0.1, -0.05) is 19.8 Å². The Bertz CT molecular complexity index is 227. The monoisotopic (exact) mass is 181 g/mol. The summed E-state index contributed by atoms with van der Waals surface area (Å²) in [7, 11) is 0. The SMILES string of the molecule is CCCCC(C)N1C(=O)C=CC1=O. The Morgan fingerprint density at radius 2 is 1.85 bits per heavy atom. The van der Waals surface area contributed by atoms with Crippen LogP contribution in [0.1, 0.15) is 33.1 Å². The van der Waals surface area contributed by atoms with E-state index in [-0.39, 0.29) is 17.9 Å². The largest absolute Gasteiger partial charge is 0.273 e. The normalized spacial score (nSPS) is 18.5. The van der Waals surface area contributed by atoms with Gasteiger partial charge in [0.05, 0.1) is 0 Å². The lowest BCUT2D eigenvalue weighted by Crippen LogP contribution is -2.38. The molecule has 2 amide bonds. The lowest BCUT2D eigenvalue weighted by molar-refractivity contribution is -0.139. The van der Waals surface area contributed by atoms with Crippen molar-refractivity contribution in [1.82, 2.24) is 4.90 Å². The Hall–Kier alpha value is -1.12. The molecule has 3 heteroatoms. The summed E-state index contributed by atoms with van der Waals surface area (Å²) in [6, 6.07) is 0.0370. The van der Waals surface area contributed by atoms with E-state index in [9.17, 15) is 9.59 Å². The van der Waals surface area contributed by atoms with E-state index in [4.69, 9.17) is 0 Å². The number of nitrogens with zero attached hydrogens (tertiary/aromatic N) is 1. The van der Waals surface area contributed by atoms with Gasteiger partial charge in [0, 0.05) is 18.2 Å². The van der Waals surface area contributed by atoms with Crippen LogP contribution in [-0.4, -0.2) is 22.8 Å². The predicted octanol–water partition coefficient (Wildman–Crippen LogP) is 1.49. The average Bonchev–Trinajstić information content (AvgIpc) is 2.42. The average molecular weight is 181 g/mol. The van der Waals surface area contributed by atoms with Gasteiger partial charge in [0.2, 0.25) is 0 Å². The van der Waals surface area contributed by atoms with Crippen molar-refractivity contribution in [3.05, 3.63) is 12.2 Å². The highest BCUT2D eigenvalue weighted by molar-refractivity contribution is 6.13. The molecule has 1 aliphatic rings. The zero-order chi connectivity index (χ0) is 9.84. The quantitative estimate of drug-likeness (QED) is 0.616. The Morgan fingerprint density at radius 1 is 1.31 bits per heavy atom. The summed E-state index contributed by atoms with van der Waals surface area (Å²) in [5.41, 5.74) is 0. The van der Waals surface area contributed by atoms with Gasteiger partial charge in [0.15, 0.2) is 0 Å². The number of amides is 2. The molecular weight excluding hydrogens is 166 g/mol. The minimum Gasteiger partial charge on any atom is -0.273 e. The zero-order valence-electron chi connectivity index (χ0n) is 8.12. The number of hydrogen-bond acceptors (Lipinski definition) is 2. The smallest absolute Gasteiger partial charge is 0.253 e. The fraction of sp³-hybridized carbons (Fsp3) is 0.600. The molecule has 0 aromatic heterocycles. The molecule has 1 rings (SSSR count). The molecule has 1 unspecified atom stereocenters. The molecule has 0 bridgehead atoms. The van der Waals surface area contributed by atoms with Crippen molar-refractivity contribution < 1.29 is 9.59 Å². The Morgan fingerprint density at radius 3 is 2.31 bits per heavy atom. The second-order valence-corrected chi connectivity index (χ2v) is 3.37. The summed E-state index contributed by atoms with van der Waals surface area (Å²) >= 11 is 0. The van der Waals surface area contributed by atoms with Crippen molar-refractivity contribution in [2.75, 3.05) is 0 Å². The minimum absolute atomic E-state index is 0.0370. The highest BCUT2D eigenvalue weighted by Gasteiger charge is 2.27. The molecule has 0 aromatic carbocycles. The van der Waals surface area contributed by atoms with Gasteiger partial charge in [-0.15, -0.1) is 0 Å². The Kier molecular flexibility index (Phi) is 3.23. The standard InChI is InChI=1S/C10H15NO2/c1-3-4-5-8(2)11-9(12)6-7-10(11)13/h6-8H,3-5H2,1-2H3. The first-order valence-electron chi connectivity index (χ1n) is 4.72. The molecule has 0 spiro atoms. The van der Waals surface area contributed by atoms with E-state index in [1.165, 1.54) is 17.1 Å². The molecule has 72 valence electrons. The third-order valence-corrected chi connectivity index (χ3v) is 2.26. The summed E-state index contributed by atoms with van der Waals surface area (Å²) in [4.78, 5) is 23.7. The number of unbranched alkanes of at least 4 members (excludes halogenated alkanes) is 1. The molecule has 0 aliphatic carbocycles. The first-order valence-corrected chi connectivity index (χ1v) is 4.72. The van der Waals surface area contributed by atoms with Gasteiger partial charge in [-0.05, 0) is 13.3 Å². The van der Waals surface area contributed by atoms with Gasteiger partial charge >= 0.3 is 0 Å². The number of imide groups is 1. The number of carbonyl (C=O) groups is 2. The van der Waals surface area contributed by atoms with Crippen LogP contribution in [0.5, 0.6) is 0 Å². The molecule has 0 radical (unpaired) electrons. The van der Waals surface area contributed by atoms with Crippen LogP contribution in [0.3, 0.4) is 0 Å². The second kappa shape index (κ2) is 4.21. The van der Waals surface area contributed by atoms with Crippen LogP contribution in [-0.2, 0) is 9.59 Å². The molecule has 0 N–H and O–H groups in total. The topological polar surface area (TPSA) is 37.4 Å². The summed E-state index contributed by atoms with van der Waals surface area (Å²) in [6.07, 6.45) is 5.72. The van der Waals surface area contributed by atoms with Crippen molar-refractivity contribution in [1.29, 1.82) is 0 Å². The van der Waals surface area contributed by atoms with Gasteiger partial charge in [0.25, 0.3) is 11.8 Å². The van der Waals surface area contributed by atoms with E-state index in [0.717, 1.165) is 19.3 Å². The van der Waals surface area contributed by atoms with E-state index >= 15 is 0 Å². The molecule has 0 aromatic rings. The number of rotatable bonds is 4. The van der Waals surface area contributed by atoms with Gasteiger partial charge in [-0.2, -0.15) is 0 Å². The van der Waals surface area contributed by atoms with E-state index in [1.807, 2.05) is 6.92 Å². The molecule has 1 heterocycles. The highest BCUT2D eigenvalue weighted by Crippen LogP contribution is 2.13. The van der Waals surface area contributed by atoms with Crippen LogP contribution >= 0.6 is 0 Å². The van der Waals surface area contributed by atoms with E-state index in [1.54, 1.807) is 0 Å². The molecule has 1 atom stereocenters. The van der Waals surface area contributed by atoms with Crippen molar-refractivity contribution >= 4 is 11.8 Å². The number of hydrogen-bond donors (Lipinski definition) is 0. The maximum atomic E-state index is 11.2. The first-order chi connectivity index (χ1) is 6.16. The first kappa shape index (κ1) is 9.96. The lowest BCUT2D eigenvalue weighted by atomic mass is 10.1. The van der Waals surface area contributed by atoms with Gasteiger partial charge < -0.3 is 0 Å². The van der Waals surface area contributed by atoms with Gasteiger partial charge in [-0.25, -0.2) is 0 Å². The third kappa shape index (κ3) is 2.17. The third-order valence-electron chi connectivity index (χ3n) is 2.26. The van der Waals surface area contributed by atoms with Crippen LogP contribution in [0.25, 0.3) is 0 Å². The van der Waals surface area contributed by atoms with Crippen LogP contribution in [0.2, 0.25) is 0 Å². The molecule has 3 nitrogen and oxygen atoms in total. The van der Waals surface area contributed by atoms with Gasteiger partial charge in [0.1, 0.15) is 0 Å². The second-order valence-electron chi connectivity index (χ2n) is 3.37. The molecular formula is C10H15NO2. The molecule has 0 saturated carbocycles. The predicted molar refractivity (Wildman–Crippen MR) is 50.0 cm³/mol. The Labute approximate surface area is 78.4 Å². The zero-order valence-corrected chi connectivity index (χ0v) is 8.12. The number of carbonyl (C=O) groups excluding carboxylic acids is 2. The van der Waals surface area contributed by atoms with Crippen molar-refractivity contribution in [2.45, 2.75) is 39.2 Å². The highest BCUT2D eigenvalue weighted by atomic mass is 16.2. The summed E-state index contributed by atoms with van der Waals surface area (Å²) in [5.74, 6) is -0.345. The van der Waals surface area contributed by atoms with E-state index in [2.05, 4.69) is 6.92 Å². The summed E-state index contributed by atoms with van der Waals surface area (Å²) in [5, 5.41) is 0. The van der Waals surface area contributed by atoms with Crippen LogP contribution in [0.15, 0.2) is 12.2 Å². The van der Waals surface area contributed by atoms with Gasteiger partial charge in [-0.3, -0.25) is 14.5 Å². The maximum Gasteiger partial charge on any atom is 0.253 e. The van der Waals surface area contributed by atoms with E-state index < -0.39 is 0 Å². The minimum atomic E-state index is -0.173. The maximum absolute atomic E-state index is 11.2. The molecule has 0 fully saturated rings. The molecule has 0 saturated heterocycles. The Balaban J connectivity index is 2.51. The van der Waals surface area contributed by atoms with Crippen LogP contribution in [0.4, 0.5) is 0 Å². The van der Waals surface area contributed by atoms with Crippen LogP contribution in [0, 0.1) is 0 Å². The summed E-state index contributed by atoms with van der Waals surface area (Å²) < 4.78 is 0. The molecule has 13 heavy (non-hydrogen) atoms.